The van der Waals surface area contributed by atoms with Crippen LogP contribution in [0.4, 0.5) is 11.4 Å². The number of hydrogen-bond donors (Lipinski definition) is 2. The van der Waals surface area contributed by atoms with Gasteiger partial charge in [0.2, 0.25) is 5.91 Å². The number of hydrogen-bond acceptors (Lipinski definition) is 3. The van der Waals surface area contributed by atoms with Gasteiger partial charge < -0.3 is 15.4 Å². The molecule has 5 heteroatoms. The molecule has 0 fully saturated rings. The molecule has 0 bridgehead atoms. The van der Waals surface area contributed by atoms with E-state index in [0.29, 0.717) is 30.0 Å². The Morgan fingerprint density at radius 2 is 1.50 bits per heavy atom. The van der Waals surface area contributed by atoms with Crippen molar-refractivity contribution in [2.75, 3.05) is 17.2 Å². The summed E-state index contributed by atoms with van der Waals surface area (Å²) in [4.78, 5) is 24.6. The number of carbonyl (C=O) groups excluding carboxylic acids is 2. The molecule has 0 saturated heterocycles. The van der Waals surface area contributed by atoms with Gasteiger partial charge in [-0.2, -0.15) is 0 Å². The maximum atomic E-state index is 12.4. The van der Waals surface area contributed by atoms with E-state index in [0.717, 1.165) is 11.3 Å². The minimum absolute atomic E-state index is 0.110. The van der Waals surface area contributed by atoms with E-state index in [1.807, 2.05) is 37.3 Å². The number of carbonyl (C=O) groups is 2. The van der Waals surface area contributed by atoms with Crippen LogP contribution in [0.1, 0.15) is 22.8 Å². The van der Waals surface area contributed by atoms with Crippen molar-refractivity contribution in [3.63, 3.8) is 0 Å². The average Bonchev–Trinajstić information content (AvgIpc) is 2.70. The van der Waals surface area contributed by atoms with Crippen LogP contribution in [0.3, 0.4) is 0 Å². The maximum absolute atomic E-state index is 12.4. The topological polar surface area (TPSA) is 67.4 Å². The molecule has 2 amide bonds. The molecule has 2 N–H and O–H groups in total. The normalized spacial score (nSPS) is 10.2. The highest BCUT2D eigenvalue weighted by Gasteiger charge is 2.08. The molecule has 0 saturated carbocycles. The Morgan fingerprint density at radius 1 is 0.821 bits per heavy atom. The monoisotopic (exact) mass is 374 g/mol. The summed E-state index contributed by atoms with van der Waals surface area (Å²) in [6.45, 7) is 2.49. The second-order valence-electron chi connectivity index (χ2n) is 6.20. The molecule has 0 spiro atoms. The fourth-order valence-electron chi connectivity index (χ4n) is 2.73. The number of ether oxygens (including phenoxy) is 1. The second kappa shape index (κ2) is 9.37. The van der Waals surface area contributed by atoms with Crippen LogP contribution >= 0.6 is 0 Å². The molecule has 0 radical (unpaired) electrons. The van der Waals surface area contributed by atoms with E-state index in [1.54, 1.807) is 48.5 Å². The molecule has 0 aliphatic carbocycles. The molecule has 3 rings (SSSR count). The molecule has 5 nitrogen and oxygen atoms in total. The van der Waals surface area contributed by atoms with Crippen LogP contribution in [-0.2, 0) is 11.2 Å². The van der Waals surface area contributed by atoms with E-state index in [1.165, 1.54) is 0 Å². The molecule has 0 atom stereocenters. The first-order chi connectivity index (χ1) is 13.6. The van der Waals surface area contributed by atoms with Crippen molar-refractivity contribution in [2.24, 2.45) is 0 Å². The summed E-state index contributed by atoms with van der Waals surface area (Å²) < 4.78 is 5.38. The summed E-state index contributed by atoms with van der Waals surface area (Å²) in [5.41, 5.74) is 2.71. The van der Waals surface area contributed by atoms with Crippen LogP contribution in [0.2, 0.25) is 0 Å². The third-order valence-corrected chi connectivity index (χ3v) is 4.04. The molecule has 28 heavy (non-hydrogen) atoms. The Kier molecular flexibility index (Phi) is 6.41. The van der Waals surface area contributed by atoms with Crippen molar-refractivity contribution < 1.29 is 14.3 Å². The Morgan fingerprint density at radius 3 is 2.18 bits per heavy atom. The van der Waals surface area contributed by atoms with Crippen LogP contribution in [0.15, 0.2) is 78.9 Å². The molecule has 3 aromatic rings. The lowest BCUT2D eigenvalue weighted by Crippen LogP contribution is -2.15. The standard InChI is InChI=1S/C23H22N2O3/c1-2-28-21-13-11-18(12-14-21)23(27)25-20-10-6-9-19(16-20)24-22(26)15-17-7-4-3-5-8-17/h3-14,16H,2,15H2,1H3,(H,24,26)(H,25,27). The van der Waals surface area contributed by atoms with Gasteiger partial charge in [0.1, 0.15) is 5.75 Å². The van der Waals surface area contributed by atoms with Crippen LogP contribution < -0.4 is 15.4 Å². The zero-order chi connectivity index (χ0) is 19.8. The van der Waals surface area contributed by atoms with Gasteiger partial charge >= 0.3 is 0 Å². The molecule has 0 aromatic heterocycles. The predicted octanol–water partition coefficient (Wildman–Crippen LogP) is 4.52. The third kappa shape index (κ3) is 5.45. The lowest BCUT2D eigenvalue weighted by atomic mass is 10.1. The summed E-state index contributed by atoms with van der Waals surface area (Å²) in [6.07, 6.45) is 0.295. The molecule has 142 valence electrons. The molecule has 0 aliphatic heterocycles. The highest BCUT2D eigenvalue weighted by molar-refractivity contribution is 6.04. The Balaban J connectivity index is 1.61. The SMILES string of the molecule is CCOc1ccc(C(=O)Nc2cccc(NC(=O)Cc3ccccc3)c2)cc1. The number of amides is 2. The maximum Gasteiger partial charge on any atom is 0.255 e. The number of benzene rings is 3. The number of anilines is 2. The van der Waals surface area contributed by atoms with Gasteiger partial charge in [0.05, 0.1) is 13.0 Å². The Labute approximate surface area is 164 Å². The third-order valence-electron chi connectivity index (χ3n) is 4.04. The fourth-order valence-corrected chi connectivity index (χ4v) is 2.73. The zero-order valence-electron chi connectivity index (χ0n) is 15.6. The van der Waals surface area contributed by atoms with Gasteiger partial charge in [-0.3, -0.25) is 9.59 Å². The molecule has 0 aliphatic rings. The summed E-state index contributed by atoms with van der Waals surface area (Å²) >= 11 is 0. The van der Waals surface area contributed by atoms with Crippen molar-refractivity contribution in [1.29, 1.82) is 0 Å². The zero-order valence-corrected chi connectivity index (χ0v) is 15.6. The van der Waals surface area contributed by atoms with E-state index in [4.69, 9.17) is 4.74 Å². The highest BCUT2D eigenvalue weighted by atomic mass is 16.5. The Bertz CT molecular complexity index is 938. The molecular weight excluding hydrogens is 352 g/mol. The van der Waals surface area contributed by atoms with Crippen molar-refractivity contribution in [3.8, 4) is 5.75 Å². The second-order valence-corrected chi connectivity index (χ2v) is 6.20. The first-order valence-electron chi connectivity index (χ1n) is 9.12. The van der Waals surface area contributed by atoms with E-state index >= 15 is 0 Å². The molecule has 0 unspecified atom stereocenters. The van der Waals surface area contributed by atoms with E-state index in [9.17, 15) is 9.59 Å². The minimum atomic E-state index is -0.226. The van der Waals surface area contributed by atoms with Gasteiger partial charge in [-0.1, -0.05) is 36.4 Å². The van der Waals surface area contributed by atoms with Gasteiger partial charge in [0.25, 0.3) is 5.91 Å². The van der Waals surface area contributed by atoms with Crippen LogP contribution in [0.25, 0.3) is 0 Å². The first-order valence-corrected chi connectivity index (χ1v) is 9.12. The summed E-state index contributed by atoms with van der Waals surface area (Å²) in [5.74, 6) is 0.388. The average molecular weight is 374 g/mol. The Hall–Kier alpha value is -3.60. The van der Waals surface area contributed by atoms with Gasteiger partial charge in [-0.15, -0.1) is 0 Å². The van der Waals surface area contributed by atoms with E-state index in [-0.39, 0.29) is 11.8 Å². The largest absolute Gasteiger partial charge is 0.494 e. The fraction of sp³-hybridized carbons (Fsp3) is 0.130. The molecule has 0 heterocycles. The van der Waals surface area contributed by atoms with Gasteiger partial charge in [0, 0.05) is 16.9 Å². The molecule has 3 aromatic carbocycles. The van der Waals surface area contributed by atoms with Crippen LogP contribution in [0, 0.1) is 0 Å². The van der Waals surface area contributed by atoms with Gasteiger partial charge in [-0.05, 0) is 55.0 Å². The lowest BCUT2D eigenvalue weighted by Gasteiger charge is -2.10. The minimum Gasteiger partial charge on any atom is -0.494 e. The number of nitrogens with one attached hydrogen (secondary N) is 2. The summed E-state index contributed by atoms with van der Waals surface area (Å²) in [6, 6.07) is 23.6. The molecular formula is C23H22N2O3. The van der Waals surface area contributed by atoms with Gasteiger partial charge in [0.15, 0.2) is 0 Å². The van der Waals surface area contributed by atoms with Crippen LogP contribution in [0.5, 0.6) is 5.75 Å². The van der Waals surface area contributed by atoms with Gasteiger partial charge in [-0.25, -0.2) is 0 Å². The van der Waals surface area contributed by atoms with Crippen molar-refractivity contribution >= 4 is 23.2 Å². The van der Waals surface area contributed by atoms with E-state index in [2.05, 4.69) is 10.6 Å². The predicted molar refractivity (Wildman–Crippen MR) is 111 cm³/mol. The number of rotatable bonds is 7. The van der Waals surface area contributed by atoms with Crippen molar-refractivity contribution in [2.45, 2.75) is 13.3 Å². The summed E-state index contributed by atoms with van der Waals surface area (Å²) in [5, 5.41) is 5.70. The van der Waals surface area contributed by atoms with E-state index < -0.39 is 0 Å². The quantitative estimate of drug-likeness (QED) is 0.639. The van der Waals surface area contributed by atoms with Crippen molar-refractivity contribution in [1.82, 2.24) is 0 Å². The van der Waals surface area contributed by atoms with Crippen LogP contribution in [-0.4, -0.2) is 18.4 Å². The summed E-state index contributed by atoms with van der Waals surface area (Å²) in [7, 11) is 0. The highest BCUT2D eigenvalue weighted by Crippen LogP contribution is 2.18. The first kappa shape index (κ1) is 19.2. The smallest absolute Gasteiger partial charge is 0.255 e. The van der Waals surface area contributed by atoms with Crippen molar-refractivity contribution in [3.05, 3.63) is 90.0 Å². The lowest BCUT2D eigenvalue weighted by molar-refractivity contribution is -0.115.